The monoisotopic (exact) mass is 255 g/mol. The van der Waals surface area contributed by atoms with Crippen molar-refractivity contribution in [1.82, 2.24) is 10.3 Å². The maximum Gasteiger partial charge on any atom is 0.0794 e. The van der Waals surface area contributed by atoms with Crippen LogP contribution < -0.4 is 11.1 Å². The van der Waals surface area contributed by atoms with Gasteiger partial charge in [-0.15, -0.1) is 11.3 Å². The van der Waals surface area contributed by atoms with Gasteiger partial charge in [-0.3, -0.25) is 0 Å². The first-order valence-corrected chi connectivity index (χ1v) is 7.23. The van der Waals surface area contributed by atoms with Gasteiger partial charge in [-0.25, -0.2) is 4.98 Å². The van der Waals surface area contributed by atoms with Crippen LogP contribution in [0.2, 0.25) is 0 Å². The molecule has 0 aromatic carbocycles. The molecular weight excluding hydrogens is 230 g/mol. The number of nitrogens with two attached hydrogens (primary N) is 1. The van der Waals surface area contributed by atoms with E-state index >= 15 is 0 Å². The molecule has 0 aliphatic carbocycles. The van der Waals surface area contributed by atoms with Crippen LogP contribution in [0.1, 0.15) is 32.9 Å². The van der Waals surface area contributed by atoms with Crippen molar-refractivity contribution < 1.29 is 0 Å². The van der Waals surface area contributed by atoms with Crippen molar-refractivity contribution in [2.75, 3.05) is 19.6 Å². The summed E-state index contributed by atoms with van der Waals surface area (Å²) in [5.41, 5.74) is 9.24. The number of thiazole rings is 1. The number of nitrogens with one attached hydrogen (secondary N) is 1. The predicted octanol–water partition coefficient (Wildman–Crippen LogP) is 2.29. The maximum atomic E-state index is 5.81. The van der Waals surface area contributed by atoms with E-state index in [4.69, 9.17) is 5.73 Å². The van der Waals surface area contributed by atoms with Crippen LogP contribution in [-0.2, 0) is 6.42 Å². The molecule has 4 heteroatoms. The number of rotatable bonds is 7. The lowest BCUT2D eigenvalue weighted by atomic mass is 9.84. The Labute approximate surface area is 109 Å². The zero-order chi connectivity index (χ0) is 12.7. The summed E-state index contributed by atoms with van der Waals surface area (Å²) < 4.78 is 0. The lowest BCUT2D eigenvalue weighted by Gasteiger charge is -2.25. The first-order chi connectivity index (χ1) is 8.01. The minimum Gasteiger partial charge on any atom is -0.330 e. The molecule has 0 saturated carbocycles. The maximum absolute atomic E-state index is 5.81. The smallest absolute Gasteiger partial charge is 0.0794 e. The summed E-state index contributed by atoms with van der Waals surface area (Å²) in [6.07, 6.45) is 2.18. The largest absolute Gasteiger partial charge is 0.330 e. The second kappa shape index (κ2) is 7.09. The van der Waals surface area contributed by atoms with E-state index in [1.165, 1.54) is 12.1 Å². The van der Waals surface area contributed by atoms with Gasteiger partial charge < -0.3 is 11.1 Å². The third kappa shape index (κ3) is 6.76. The summed E-state index contributed by atoms with van der Waals surface area (Å²) in [6, 6.07) is 0. The summed E-state index contributed by atoms with van der Waals surface area (Å²) in [5, 5.41) is 5.59. The molecule has 1 atom stereocenters. The number of hydrogen-bond acceptors (Lipinski definition) is 4. The summed E-state index contributed by atoms with van der Waals surface area (Å²) in [6.45, 7) is 9.57. The van der Waals surface area contributed by atoms with Gasteiger partial charge in [0.05, 0.1) is 11.2 Å². The highest BCUT2D eigenvalue weighted by molar-refractivity contribution is 7.07. The Morgan fingerprint density at radius 1 is 1.47 bits per heavy atom. The zero-order valence-electron chi connectivity index (χ0n) is 11.2. The van der Waals surface area contributed by atoms with Gasteiger partial charge >= 0.3 is 0 Å². The van der Waals surface area contributed by atoms with E-state index in [9.17, 15) is 0 Å². The molecule has 1 unspecified atom stereocenters. The Kier molecular flexibility index (Phi) is 6.09. The molecule has 1 aromatic heterocycles. The molecule has 0 bridgehead atoms. The number of aromatic nitrogens is 1. The van der Waals surface area contributed by atoms with Crippen LogP contribution in [0.15, 0.2) is 10.9 Å². The van der Waals surface area contributed by atoms with E-state index in [0.29, 0.717) is 11.3 Å². The Balaban J connectivity index is 2.15. The molecule has 1 aromatic rings. The molecule has 17 heavy (non-hydrogen) atoms. The molecule has 98 valence electrons. The van der Waals surface area contributed by atoms with Crippen molar-refractivity contribution in [1.29, 1.82) is 0 Å². The van der Waals surface area contributed by atoms with Crippen LogP contribution in [0, 0.1) is 11.3 Å². The average molecular weight is 255 g/mol. The Bertz CT molecular complexity index is 290. The van der Waals surface area contributed by atoms with Crippen LogP contribution in [0.3, 0.4) is 0 Å². The topological polar surface area (TPSA) is 50.9 Å². The Morgan fingerprint density at radius 2 is 2.24 bits per heavy atom. The van der Waals surface area contributed by atoms with Gasteiger partial charge in [0.1, 0.15) is 0 Å². The highest BCUT2D eigenvalue weighted by Gasteiger charge is 2.17. The van der Waals surface area contributed by atoms with Crippen molar-refractivity contribution in [3.63, 3.8) is 0 Å². The third-order valence-electron chi connectivity index (χ3n) is 2.71. The molecule has 0 amide bonds. The standard InChI is InChI=1S/C13H25N3S/c1-13(2,3)6-11(7-14)8-15-5-4-12-9-17-10-16-12/h9-11,15H,4-8,14H2,1-3H3. The molecule has 0 saturated heterocycles. The lowest BCUT2D eigenvalue weighted by Crippen LogP contribution is -2.32. The summed E-state index contributed by atoms with van der Waals surface area (Å²) in [4.78, 5) is 4.27. The van der Waals surface area contributed by atoms with Gasteiger partial charge in [0, 0.05) is 18.3 Å². The predicted molar refractivity (Wildman–Crippen MR) is 75.3 cm³/mol. The van der Waals surface area contributed by atoms with Crippen molar-refractivity contribution in [2.45, 2.75) is 33.6 Å². The van der Waals surface area contributed by atoms with Crippen LogP contribution in [0.25, 0.3) is 0 Å². The minimum absolute atomic E-state index is 0.362. The van der Waals surface area contributed by atoms with Crippen LogP contribution in [-0.4, -0.2) is 24.6 Å². The molecule has 3 N–H and O–H groups in total. The Morgan fingerprint density at radius 3 is 2.76 bits per heavy atom. The highest BCUT2D eigenvalue weighted by atomic mass is 32.1. The molecule has 0 fully saturated rings. The molecule has 3 nitrogen and oxygen atoms in total. The van der Waals surface area contributed by atoms with Crippen LogP contribution in [0.4, 0.5) is 0 Å². The first kappa shape index (κ1) is 14.6. The van der Waals surface area contributed by atoms with Gasteiger partial charge in [-0.2, -0.15) is 0 Å². The van der Waals surface area contributed by atoms with Gasteiger partial charge in [0.25, 0.3) is 0 Å². The lowest BCUT2D eigenvalue weighted by molar-refractivity contribution is 0.290. The molecule has 1 heterocycles. The number of nitrogens with zero attached hydrogens (tertiary/aromatic N) is 1. The average Bonchev–Trinajstić information content (AvgIpc) is 2.73. The van der Waals surface area contributed by atoms with Crippen molar-refractivity contribution >= 4 is 11.3 Å². The highest BCUT2D eigenvalue weighted by Crippen LogP contribution is 2.23. The summed E-state index contributed by atoms with van der Waals surface area (Å²) >= 11 is 1.66. The van der Waals surface area contributed by atoms with E-state index < -0.39 is 0 Å². The first-order valence-electron chi connectivity index (χ1n) is 6.29. The molecule has 0 aliphatic heterocycles. The van der Waals surface area contributed by atoms with Gasteiger partial charge in [0.2, 0.25) is 0 Å². The van der Waals surface area contributed by atoms with Crippen molar-refractivity contribution in [3.05, 3.63) is 16.6 Å². The third-order valence-corrected chi connectivity index (χ3v) is 3.34. The summed E-state index contributed by atoms with van der Waals surface area (Å²) in [5.74, 6) is 0.574. The van der Waals surface area contributed by atoms with E-state index in [-0.39, 0.29) is 0 Å². The number of hydrogen-bond donors (Lipinski definition) is 2. The fourth-order valence-corrected chi connectivity index (χ4v) is 2.58. The molecular formula is C13H25N3S. The SMILES string of the molecule is CC(C)(C)CC(CN)CNCCc1cscn1. The van der Waals surface area contributed by atoms with E-state index in [1.807, 2.05) is 5.51 Å². The van der Waals surface area contributed by atoms with Crippen LogP contribution >= 0.6 is 11.3 Å². The van der Waals surface area contributed by atoms with Crippen molar-refractivity contribution in [2.24, 2.45) is 17.1 Å². The second-order valence-corrected chi connectivity index (χ2v) is 6.52. The summed E-state index contributed by atoms with van der Waals surface area (Å²) in [7, 11) is 0. The molecule has 0 spiro atoms. The van der Waals surface area contributed by atoms with Crippen LogP contribution in [0.5, 0.6) is 0 Å². The molecule has 1 rings (SSSR count). The zero-order valence-corrected chi connectivity index (χ0v) is 12.0. The van der Waals surface area contributed by atoms with E-state index in [1.54, 1.807) is 11.3 Å². The van der Waals surface area contributed by atoms with Crippen molar-refractivity contribution in [3.8, 4) is 0 Å². The van der Waals surface area contributed by atoms with Gasteiger partial charge in [-0.05, 0) is 30.8 Å². The fraction of sp³-hybridized carbons (Fsp3) is 0.769. The van der Waals surface area contributed by atoms with Gasteiger partial charge in [0.15, 0.2) is 0 Å². The fourth-order valence-electron chi connectivity index (χ4n) is 1.99. The van der Waals surface area contributed by atoms with E-state index in [2.05, 4.69) is 36.5 Å². The molecule has 0 radical (unpaired) electrons. The molecule has 0 aliphatic rings. The second-order valence-electron chi connectivity index (χ2n) is 5.80. The normalized spacial score (nSPS) is 13.9. The van der Waals surface area contributed by atoms with E-state index in [0.717, 1.165) is 26.1 Å². The quantitative estimate of drug-likeness (QED) is 0.735. The Hall–Kier alpha value is -0.450. The van der Waals surface area contributed by atoms with Gasteiger partial charge in [-0.1, -0.05) is 20.8 Å². The minimum atomic E-state index is 0.362.